The molecule has 0 aromatic carbocycles. The molecule has 6 atom stereocenters. The molecule has 7 heteroatoms. The third kappa shape index (κ3) is 2.48. The Bertz CT molecular complexity index is 508. The second-order valence-corrected chi connectivity index (χ2v) is 14.0. The Morgan fingerprint density at radius 3 is 2.21 bits per heavy atom. The van der Waals surface area contributed by atoms with Gasteiger partial charge in [0.05, 0.1) is 31.8 Å². The van der Waals surface area contributed by atoms with Crippen LogP contribution in [0, 0.1) is 11.8 Å². The lowest BCUT2D eigenvalue weighted by Gasteiger charge is -2.56. The molecule has 0 spiro atoms. The van der Waals surface area contributed by atoms with Crippen molar-refractivity contribution in [2.75, 3.05) is 13.7 Å². The van der Waals surface area contributed by atoms with E-state index in [1.165, 1.54) is 7.11 Å². The average molecular weight is 359 g/mol. The van der Waals surface area contributed by atoms with Crippen LogP contribution in [-0.2, 0) is 23.1 Å². The zero-order valence-corrected chi connectivity index (χ0v) is 16.7. The van der Waals surface area contributed by atoms with E-state index in [9.17, 15) is 9.90 Å². The van der Waals surface area contributed by atoms with Crippen molar-refractivity contribution in [3.8, 4) is 0 Å². The second-order valence-electron chi connectivity index (χ2n) is 9.27. The van der Waals surface area contributed by atoms with E-state index in [1.807, 2.05) is 0 Å². The highest BCUT2D eigenvalue weighted by Gasteiger charge is 2.70. The number of ether oxygens (including phenoxy) is 2. The second kappa shape index (κ2) is 5.51. The SMILES string of the molecule is COC(=O)[C@H]1[C@H]2O[C@@H]3CO[Si](C(C)(C)C)(C(C)(C)C)O[C@@H]3[C@H](O)[C@@H]21. The molecule has 2 saturated heterocycles. The zero-order valence-electron chi connectivity index (χ0n) is 15.7. The minimum absolute atomic E-state index is 0.155. The largest absolute Gasteiger partial charge is 0.469 e. The molecular weight excluding hydrogens is 328 g/mol. The van der Waals surface area contributed by atoms with E-state index in [4.69, 9.17) is 18.3 Å². The summed E-state index contributed by atoms with van der Waals surface area (Å²) < 4.78 is 23.8. The summed E-state index contributed by atoms with van der Waals surface area (Å²) in [6.45, 7) is 13.2. The van der Waals surface area contributed by atoms with E-state index in [0.29, 0.717) is 6.61 Å². The van der Waals surface area contributed by atoms with Gasteiger partial charge in [-0.2, -0.15) is 0 Å². The van der Waals surface area contributed by atoms with Crippen molar-refractivity contribution in [2.45, 2.75) is 76.0 Å². The molecule has 24 heavy (non-hydrogen) atoms. The Balaban J connectivity index is 1.86. The summed E-state index contributed by atoms with van der Waals surface area (Å²) in [5.41, 5.74) is 0. The summed E-state index contributed by atoms with van der Waals surface area (Å²) in [6.07, 6.45) is -1.78. The maximum Gasteiger partial charge on any atom is 0.349 e. The molecule has 1 N–H and O–H groups in total. The van der Waals surface area contributed by atoms with Gasteiger partial charge in [0.25, 0.3) is 0 Å². The van der Waals surface area contributed by atoms with Gasteiger partial charge >= 0.3 is 14.5 Å². The molecular formula is C17H30O6Si. The van der Waals surface area contributed by atoms with E-state index in [-0.39, 0.29) is 40.1 Å². The number of aliphatic hydroxyl groups is 1. The van der Waals surface area contributed by atoms with E-state index in [1.54, 1.807) is 0 Å². The van der Waals surface area contributed by atoms with Gasteiger partial charge in [0.15, 0.2) is 0 Å². The van der Waals surface area contributed by atoms with Crippen molar-refractivity contribution in [3.63, 3.8) is 0 Å². The molecule has 3 aliphatic rings. The number of carbonyl (C=O) groups excluding carboxylic acids is 1. The average Bonchev–Trinajstić information content (AvgIpc) is 3.18. The van der Waals surface area contributed by atoms with Crippen LogP contribution in [0.3, 0.4) is 0 Å². The van der Waals surface area contributed by atoms with Gasteiger partial charge in [-0.25, -0.2) is 0 Å². The summed E-state index contributed by atoms with van der Waals surface area (Å²) in [5, 5.41) is 10.5. The van der Waals surface area contributed by atoms with Gasteiger partial charge in [-0.1, -0.05) is 41.5 Å². The van der Waals surface area contributed by atoms with Gasteiger partial charge in [0, 0.05) is 16.0 Å². The van der Waals surface area contributed by atoms with E-state index in [2.05, 4.69) is 41.5 Å². The minimum atomic E-state index is -2.66. The summed E-state index contributed by atoms with van der Waals surface area (Å²) >= 11 is 0. The molecule has 1 aliphatic carbocycles. The molecule has 0 bridgehead atoms. The van der Waals surface area contributed by atoms with Crippen LogP contribution in [0.2, 0.25) is 10.1 Å². The monoisotopic (exact) mass is 358 g/mol. The third-order valence-electron chi connectivity index (χ3n) is 5.64. The molecule has 2 aliphatic heterocycles. The van der Waals surface area contributed by atoms with Crippen LogP contribution in [0.4, 0.5) is 0 Å². The molecule has 138 valence electrons. The summed E-state index contributed by atoms with van der Waals surface area (Å²) in [7, 11) is -1.30. The minimum Gasteiger partial charge on any atom is -0.469 e. The Morgan fingerprint density at radius 2 is 1.71 bits per heavy atom. The van der Waals surface area contributed by atoms with Crippen molar-refractivity contribution in [1.82, 2.24) is 0 Å². The first kappa shape index (κ1) is 18.3. The first-order valence-corrected chi connectivity index (χ1v) is 10.5. The van der Waals surface area contributed by atoms with Crippen LogP contribution in [-0.4, -0.2) is 57.8 Å². The maximum absolute atomic E-state index is 11.9. The van der Waals surface area contributed by atoms with Gasteiger partial charge in [-0.3, -0.25) is 4.79 Å². The number of carbonyl (C=O) groups is 1. The van der Waals surface area contributed by atoms with Crippen LogP contribution in [0.5, 0.6) is 0 Å². The van der Waals surface area contributed by atoms with Crippen molar-refractivity contribution < 1.29 is 28.2 Å². The van der Waals surface area contributed by atoms with Gasteiger partial charge < -0.3 is 23.4 Å². The highest BCUT2D eigenvalue weighted by atomic mass is 28.4. The lowest BCUT2D eigenvalue weighted by atomic mass is 10.0. The Hall–Kier alpha value is -0.473. The number of methoxy groups -OCH3 is 1. The quantitative estimate of drug-likeness (QED) is 0.571. The first-order valence-electron chi connectivity index (χ1n) is 8.68. The van der Waals surface area contributed by atoms with Crippen molar-refractivity contribution >= 4 is 14.5 Å². The fourth-order valence-electron chi connectivity index (χ4n) is 4.65. The molecule has 3 fully saturated rings. The highest BCUT2D eigenvalue weighted by Crippen LogP contribution is 2.58. The smallest absolute Gasteiger partial charge is 0.349 e. The van der Waals surface area contributed by atoms with Gasteiger partial charge in [-0.15, -0.1) is 0 Å². The predicted molar refractivity (Wildman–Crippen MR) is 89.7 cm³/mol. The summed E-state index contributed by atoms with van der Waals surface area (Å²) in [4.78, 5) is 11.9. The van der Waals surface area contributed by atoms with Crippen LogP contribution in [0.25, 0.3) is 0 Å². The number of hydrogen-bond donors (Lipinski definition) is 1. The molecule has 0 unspecified atom stereocenters. The molecule has 6 nitrogen and oxygen atoms in total. The lowest BCUT2D eigenvalue weighted by molar-refractivity contribution is -0.179. The zero-order chi connectivity index (χ0) is 18.1. The number of hydrogen-bond acceptors (Lipinski definition) is 6. The fourth-order valence-corrected chi connectivity index (χ4v) is 9.61. The lowest BCUT2D eigenvalue weighted by Crippen LogP contribution is -2.68. The number of esters is 1. The normalized spacial score (nSPS) is 41.2. The fraction of sp³-hybridized carbons (Fsp3) is 0.941. The van der Waals surface area contributed by atoms with E-state index in [0.717, 1.165) is 0 Å². The van der Waals surface area contributed by atoms with Gasteiger partial charge in [0.1, 0.15) is 12.2 Å². The van der Waals surface area contributed by atoms with Gasteiger partial charge in [0.2, 0.25) is 0 Å². The Morgan fingerprint density at radius 1 is 1.12 bits per heavy atom. The number of fused-ring (bicyclic) bond motifs is 2. The van der Waals surface area contributed by atoms with Crippen LogP contribution >= 0.6 is 0 Å². The van der Waals surface area contributed by atoms with Crippen LogP contribution in [0.15, 0.2) is 0 Å². The van der Waals surface area contributed by atoms with Crippen molar-refractivity contribution in [2.24, 2.45) is 11.8 Å². The van der Waals surface area contributed by atoms with Crippen LogP contribution in [0.1, 0.15) is 41.5 Å². The standard InChI is InChI=1S/C17H30O6Si/c1-16(2,3)24(17(4,5)6)21-8-9-13(23-24)12(18)10-11(14(10)22-9)15(19)20-7/h9-14,18H,8H2,1-7H3/t9-,10+,11-,12-,13+,14+/m1/s1. The first-order chi connectivity index (χ1) is 10.9. The Kier molecular flexibility index (Phi) is 4.21. The molecule has 0 amide bonds. The topological polar surface area (TPSA) is 74.2 Å². The van der Waals surface area contributed by atoms with E-state index >= 15 is 0 Å². The molecule has 1 saturated carbocycles. The number of rotatable bonds is 1. The van der Waals surface area contributed by atoms with Gasteiger partial charge in [-0.05, 0) is 0 Å². The third-order valence-corrected chi connectivity index (χ3v) is 10.8. The van der Waals surface area contributed by atoms with Crippen molar-refractivity contribution in [3.05, 3.63) is 0 Å². The summed E-state index contributed by atoms with van der Waals surface area (Å²) in [6, 6.07) is 0. The summed E-state index contributed by atoms with van der Waals surface area (Å²) in [5.74, 6) is -0.943. The number of aliphatic hydroxyl groups excluding tert-OH is 1. The van der Waals surface area contributed by atoms with Crippen LogP contribution < -0.4 is 0 Å². The molecule has 0 aromatic rings. The Labute approximate surface area is 145 Å². The molecule has 0 aromatic heterocycles. The van der Waals surface area contributed by atoms with E-state index < -0.39 is 20.8 Å². The molecule has 3 rings (SSSR count). The van der Waals surface area contributed by atoms with Crippen molar-refractivity contribution in [1.29, 1.82) is 0 Å². The molecule has 0 radical (unpaired) electrons. The maximum atomic E-state index is 11.9. The predicted octanol–water partition coefficient (Wildman–Crippen LogP) is 1.99. The highest BCUT2D eigenvalue weighted by molar-refractivity contribution is 6.73. The molecule has 2 heterocycles.